The van der Waals surface area contributed by atoms with Crippen molar-refractivity contribution in [2.24, 2.45) is 23.7 Å². The Bertz CT molecular complexity index is 1730. The molecule has 0 aromatic heterocycles. The lowest BCUT2D eigenvalue weighted by molar-refractivity contribution is -0.161. The van der Waals surface area contributed by atoms with Crippen LogP contribution in [0.15, 0.2) is 0 Å². The van der Waals surface area contributed by atoms with Crippen LogP contribution in [0.2, 0.25) is 0 Å². The second-order valence-corrected chi connectivity index (χ2v) is 29.1. The molecule has 0 aromatic carbocycles. The van der Waals surface area contributed by atoms with Gasteiger partial charge >= 0.3 is 39.5 Å². The molecule has 4 unspecified atom stereocenters. The highest BCUT2D eigenvalue weighted by Crippen LogP contribution is 2.45. The van der Waals surface area contributed by atoms with Gasteiger partial charge in [0.15, 0.2) is 12.2 Å². The van der Waals surface area contributed by atoms with Gasteiger partial charge in [0.2, 0.25) is 0 Å². The monoisotopic (exact) mass is 1280 g/mol. The fourth-order valence-electron chi connectivity index (χ4n) is 10.1. The summed E-state index contributed by atoms with van der Waals surface area (Å²) in [6.07, 6.45) is 39.3. The van der Waals surface area contributed by atoms with Crippen LogP contribution in [0, 0.1) is 23.7 Å². The topological polar surface area (TPSA) is 237 Å². The molecule has 0 aliphatic heterocycles. The molecule has 3 N–H and O–H groups in total. The molecule has 0 saturated heterocycles. The molecule has 87 heavy (non-hydrogen) atoms. The van der Waals surface area contributed by atoms with E-state index in [1.807, 2.05) is 0 Å². The number of phosphoric acid groups is 2. The van der Waals surface area contributed by atoms with Crippen LogP contribution >= 0.6 is 15.6 Å². The fraction of sp³-hybridized carbons (Fsp3) is 0.941. The summed E-state index contributed by atoms with van der Waals surface area (Å²) in [5, 5.41) is 10.6. The van der Waals surface area contributed by atoms with E-state index >= 15 is 0 Å². The summed E-state index contributed by atoms with van der Waals surface area (Å²) in [5.74, 6) is 0.769. The molecule has 0 fully saturated rings. The van der Waals surface area contributed by atoms with E-state index in [0.29, 0.717) is 37.5 Å². The number of aliphatic hydroxyl groups is 1. The number of rotatable bonds is 65. The zero-order valence-corrected chi connectivity index (χ0v) is 58.4. The van der Waals surface area contributed by atoms with Gasteiger partial charge in [0, 0.05) is 25.7 Å². The van der Waals surface area contributed by atoms with Crippen molar-refractivity contribution in [3.05, 3.63) is 0 Å². The highest BCUT2D eigenvalue weighted by Gasteiger charge is 2.30. The lowest BCUT2D eigenvalue weighted by atomic mass is 10.00. The van der Waals surface area contributed by atoms with Gasteiger partial charge in [-0.05, 0) is 49.4 Å². The standard InChI is InChI=1S/C68H132O17P2/c1-9-61(8)47-39-31-25-27-33-41-49-66(71)79-55-64(85-68(73)51-43-35-26-24-30-38-46-60(6)7)57-83-87(76,77)81-53-62(69)52-80-86(74,75)82-56-63(54-78-65(70)48-40-32-23-19-21-29-37-45-59(4)5)84-67(72)50-42-34-22-18-16-14-12-10-11-13-15-17-20-28-36-44-58(2)3/h58-64,69H,9-57H2,1-8H3,(H,74,75)(H,76,77)/t61?,62?,63-,64-/m1/s1. The number of hydrogen-bond donors (Lipinski definition) is 3. The second kappa shape index (κ2) is 57.9. The fourth-order valence-corrected chi connectivity index (χ4v) is 11.7. The normalized spacial score (nSPS) is 14.6. The maximum Gasteiger partial charge on any atom is 0.472 e. The van der Waals surface area contributed by atoms with Gasteiger partial charge in [0.25, 0.3) is 0 Å². The minimum Gasteiger partial charge on any atom is -0.462 e. The number of aliphatic hydroxyl groups excluding tert-OH is 1. The Hall–Kier alpha value is -1.94. The molecular weight excluding hydrogens is 1150 g/mol. The van der Waals surface area contributed by atoms with Crippen LogP contribution in [0.1, 0.15) is 331 Å². The molecule has 0 aromatic rings. The third kappa shape index (κ3) is 61.3. The number of unbranched alkanes of at least 4 members (excludes halogenated alkanes) is 30. The lowest BCUT2D eigenvalue weighted by Crippen LogP contribution is -2.30. The van der Waals surface area contributed by atoms with Crippen molar-refractivity contribution in [1.82, 2.24) is 0 Å². The largest absolute Gasteiger partial charge is 0.472 e. The zero-order chi connectivity index (χ0) is 64.7. The Morgan fingerprint density at radius 3 is 0.816 bits per heavy atom. The highest BCUT2D eigenvalue weighted by molar-refractivity contribution is 7.47. The van der Waals surface area contributed by atoms with E-state index in [2.05, 4.69) is 55.4 Å². The van der Waals surface area contributed by atoms with Gasteiger partial charge in [-0.2, -0.15) is 0 Å². The summed E-state index contributed by atoms with van der Waals surface area (Å²) in [4.78, 5) is 72.3. The predicted octanol–water partition coefficient (Wildman–Crippen LogP) is 18.9. The first-order chi connectivity index (χ1) is 41.6. The van der Waals surface area contributed by atoms with Crippen molar-refractivity contribution in [2.75, 3.05) is 39.6 Å². The second-order valence-electron chi connectivity index (χ2n) is 26.2. The van der Waals surface area contributed by atoms with Gasteiger partial charge in [0.1, 0.15) is 19.3 Å². The summed E-state index contributed by atoms with van der Waals surface area (Å²) >= 11 is 0. The molecule has 0 saturated carbocycles. The smallest absolute Gasteiger partial charge is 0.462 e. The maximum absolute atomic E-state index is 13.0. The summed E-state index contributed by atoms with van der Waals surface area (Å²) in [5.41, 5.74) is 0. The van der Waals surface area contributed by atoms with Crippen LogP contribution < -0.4 is 0 Å². The van der Waals surface area contributed by atoms with E-state index in [-0.39, 0.29) is 25.7 Å². The first-order valence-electron chi connectivity index (χ1n) is 35.2. The van der Waals surface area contributed by atoms with Crippen molar-refractivity contribution in [1.29, 1.82) is 0 Å². The highest BCUT2D eigenvalue weighted by atomic mass is 31.2. The van der Waals surface area contributed by atoms with E-state index in [9.17, 15) is 43.2 Å². The molecule has 0 amide bonds. The minimum absolute atomic E-state index is 0.101. The first kappa shape index (κ1) is 85.1. The van der Waals surface area contributed by atoms with Gasteiger partial charge < -0.3 is 33.8 Å². The minimum atomic E-state index is -4.95. The molecule has 0 aliphatic rings. The average molecular weight is 1280 g/mol. The number of esters is 4. The number of phosphoric ester groups is 2. The van der Waals surface area contributed by atoms with Crippen LogP contribution in [0.25, 0.3) is 0 Å². The summed E-state index contributed by atoms with van der Waals surface area (Å²) in [6, 6.07) is 0. The Kier molecular flexibility index (Phi) is 56.6. The summed E-state index contributed by atoms with van der Waals surface area (Å²) < 4.78 is 68.1. The van der Waals surface area contributed by atoms with Gasteiger partial charge in [-0.3, -0.25) is 37.3 Å². The van der Waals surface area contributed by atoms with Crippen molar-refractivity contribution in [3.63, 3.8) is 0 Å². The van der Waals surface area contributed by atoms with Gasteiger partial charge in [0.05, 0.1) is 26.4 Å². The first-order valence-corrected chi connectivity index (χ1v) is 38.2. The molecule has 19 heteroatoms. The van der Waals surface area contributed by atoms with E-state index in [1.165, 1.54) is 122 Å². The number of carbonyl (C=O) groups excluding carboxylic acids is 4. The molecule has 6 atom stereocenters. The number of carbonyl (C=O) groups is 4. The van der Waals surface area contributed by atoms with E-state index in [4.69, 9.17) is 37.0 Å². The Labute approximate surface area is 530 Å². The molecule has 0 rings (SSSR count). The SMILES string of the molecule is CCC(C)CCCCCCCCC(=O)OC[C@H](COP(=O)(O)OCC(O)COP(=O)(O)OC[C@@H](COC(=O)CCCCCCCCCC(C)C)OC(=O)CCCCCCCCCCCCCCCCCC(C)C)OC(=O)CCCCCCCCC(C)C. The maximum atomic E-state index is 13.0. The van der Waals surface area contributed by atoms with Crippen LogP contribution in [0.5, 0.6) is 0 Å². The molecule has 0 radical (unpaired) electrons. The molecule has 17 nitrogen and oxygen atoms in total. The van der Waals surface area contributed by atoms with Gasteiger partial charge in [-0.15, -0.1) is 0 Å². The van der Waals surface area contributed by atoms with Crippen molar-refractivity contribution >= 4 is 39.5 Å². The van der Waals surface area contributed by atoms with Crippen LogP contribution in [0.4, 0.5) is 0 Å². The van der Waals surface area contributed by atoms with Crippen LogP contribution in [0.3, 0.4) is 0 Å². The van der Waals surface area contributed by atoms with E-state index in [0.717, 1.165) is 115 Å². The van der Waals surface area contributed by atoms with Crippen LogP contribution in [-0.2, 0) is 65.4 Å². The molecule has 0 heterocycles. The van der Waals surface area contributed by atoms with Crippen LogP contribution in [-0.4, -0.2) is 96.7 Å². The molecule has 0 bridgehead atoms. The Balaban J connectivity index is 5.20. The van der Waals surface area contributed by atoms with Crippen molar-refractivity contribution < 1.29 is 80.2 Å². The predicted molar refractivity (Wildman–Crippen MR) is 349 cm³/mol. The van der Waals surface area contributed by atoms with Gasteiger partial charge in [-0.1, -0.05) is 280 Å². The zero-order valence-electron chi connectivity index (χ0n) is 56.6. The molecule has 516 valence electrons. The average Bonchev–Trinajstić information content (AvgIpc) is 3.69. The molecule has 0 spiro atoms. The molecular formula is C68H132O17P2. The lowest BCUT2D eigenvalue weighted by Gasteiger charge is -2.21. The molecule has 0 aliphatic carbocycles. The van der Waals surface area contributed by atoms with E-state index < -0.39 is 97.5 Å². The Morgan fingerprint density at radius 2 is 0.552 bits per heavy atom. The quantitative estimate of drug-likeness (QED) is 0.0222. The Morgan fingerprint density at radius 1 is 0.322 bits per heavy atom. The third-order valence-corrected chi connectivity index (χ3v) is 17.8. The third-order valence-electron chi connectivity index (χ3n) is 15.9. The van der Waals surface area contributed by atoms with E-state index in [1.54, 1.807) is 0 Å². The number of ether oxygens (including phenoxy) is 4. The van der Waals surface area contributed by atoms with Gasteiger partial charge in [-0.25, -0.2) is 9.13 Å². The van der Waals surface area contributed by atoms with Crippen molar-refractivity contribution in [2.45, 2.75) is 350 Å². The summed E-state index contributed by atoms with van der Waals surface area (Å²) in [6.45, 7) is 14.0. The number of hydrogen-bond acceptors (Lipinski definition) is 15. The van der Waals surface area contributed by atoms with Crippen molar-refractivity contribution in [3.8, 4) is 0 Å². The summed E-state index contributed by atoms with van der Waals surface area (Å²) in [7, 11) is -9.90.